The molecule has 0 radical (unpaired) electrons. The lowest BCUT2D eigenvalue weighted by molar-refractivity contribution is -0.386. The van der Waals surface area contributed by atoms with E-state index in [1.54, 1.807) is 18.0 Å². The van der Waals surface area contributed by atoms with Gasteiger partial charge in [-0.05, 0) is 171 Å². The third kappa shape index (κ3) is 12.2. The van der Waals surface area contributed by atoms with Crippen molar-refractivity contribution >= 4 is 46.7 Å². The van der Waals surface area contributed by atoms with Crippen molar-refractivity contribution in [2.75, 3.05) is 51.2 Å². The van der Waals surface area contributed by atoms with Gasteiger partial charge in [0.1, 0.15) is 30.5 Å². The number of nitrogens with two attached hydrogens (primary N) is 1. The molecule has 0 fully saturated rings. The van der Waals surface area contributed by atoms with Crippen LogP contribution in [0.4, 0.5) is 16.2 Å². The van der Waals surface area contributed by atoms with E-state index in [0.29, 0.717) is 55.8 Å². The maximum Gasteiger partial charge on any atom is 0.407 e. The molecule has 1 aliphatic carbocycles. The minimum atomic E-state index is -0.965. The van der Waals surface area contributed by atoms with E-state index >= 15 is 0 Å². The molecule has 0 aromatic heterocycles. The van der Waals surface area contributed by atoms with Gasteiger partial charge in [-0.2, -0.15) is 5.90 Å². The topological polar surface area (TPSA) is 239 Å². The van der Waals surface area contributed by atoms with Crippen molar-refractivity contribution in [2.45, 2.75) is 142 Å². The Bertz CT molecular complexity index is 3530. The largest absolute Gasteiger partial charge is 0.507 e. The van der Waals surface area contributed by atoms with Crippen LogP contribution in [-0.2, 0) is 39.2 Å². The molecular weight excluding hydrogens is 1050 g/mol. The molecule has 0 saturated heterocycles. The van der Waals surface area contributed by atoms with Crippen LogP contribution in [0.2, 0.25) is 0 Å². The Kier molecular flexibility index (Phi) is 17.8. The lowest BCUT2D eigenvalue weighted by Crippen LogP contribution is -2.50. The number of hydrogen-bond acceptors (Lipinski definition) is 12. The van der Waals surface area contributed by atoms with E-state index < -0.39 is 34.7 Å². The van der Waals surface area contributed by atoms with Crippen molar-refractivity contribution in [3.63, 3.8) is 0 Å². The summed E-state index contributed by atoms with van der Waals surface area (Å²) in [5, 5.41) is 33.2. The van der Waals surface area contributed by atoms with Crippen molar-refractivity contribution in [1.29, 1.82) is 0 Å². The van der Waals surface area contributed by atoms with E-state index in [1.165, 1.54) is 80.8 Å². The Morgan fingerprint density at radius 3 is 2.35 bits per heavy atom. The molecule has 0 spiro atoms. The summed E-state index contributed by atoms with van der Waals surface area (Å²) in [5.41, 5.74) is 12.1. The molecule has 4 amide bonds. The number of aromatic hydroxyl groups is 1. The fraction of sp³-hybridized carbons (Fsp3) is 0.446. The van der Waals surface area contributed by atoms with Crippen LogP contribution in [0.3, 0.4) is 0 Å². The first-order chi connectivity index (χ1) is 39.6. The highest BCUT2D eigenvalue weighted by molar-refractivity contribution is 6.02. The predicted octanol–water partition coefficient (Wildman–Crippen LogP) is 8.27. The van der Waals surface area contributed by atoms with Crippen LogP contribution < -0.4 is 41.9 Å². The van der Waals surface area contributed by atoms with Crippen LogP contribution in [0.5, 0.6) is 5.75 Å². The fourth-order valence-corrected chi connectivity index (χ4v) is 13.4. The van der Waals surface area contributed by atoms with Crippen molar-refractivity contribution < 1.29 is 43.6 Å². The molecule has 0 bridgehead atoms. The highest BCUT2D eigenvalue weighted by atomic mass is 16.7. The first-order valence-electron chi connectivity index (χ1n) is 29.3. The number of nitrogens with one attached hydrogen (secondary N) is 3. The van der Waals surface area contributed by atoms with E-state index in [1.807, 2.05) is 18.2 Å². The highest BCUT2D eigenvalue weighted by Gasteiger charge is 2.43. The minimum absolute atomic E-state index is 0.00137. The SMILES string of the molecule is CCN1c2cc3c(cc2C(C)CC1(C)C)C(c1ccccc1C(=O)N(C)CCCC(=O)NCc1ccc(C(C)OC(=O)NCCCCCNC(=O)c2ccc(C(=O)ON)c(O)c2)c([N+](=O)[O-])c1)=c1cc2c4c(c1C3(C)C)CCC[N+]=4CCC2. The van der Waals surface area contributed by atoms with Crippen molar-refractivity contribution in [1.82, 2.24) is 25.4 Å². The Hall–Kier alpha value is -8.12. The Morgan fingerprint density at radius 1 is 0.892 bits per heavy atom. The van der Waals surface area contributed by atoms with Crippen LogP contribution in [0.15, 0.2) is 78.9 Å². The molecule has 6 N–H and O–H groups in total. The molecule has 0 saturated carbocycles. The number of amides is 4. The number of hydrogen-bond donors (Lipinski definition) is 5. The highest BCUT2D eigenvalue weighted by Crippen LogP contribution is 2.50. The van der Waals surface area contributed by atoms with Crippen LogP contribution in [0.1, 0.15) is 193 Å². The smallest absolute Gasteiger partial charge is 0.407 e. The van der Waals surface area contributed by atoms with E-state index in [9.17, 15) is 39.2 Å². The van der Waals surface area contributed by atoms with E-state index in [2.05, 4.69) is 96.1 Å². The average molecular weight is 1130 g/mol. The maximum atomic E-state index is 14.9. The number of nitro benzene ring substituents is 1. The zero-order valence-corrected chi connectivity index (χ0v) is 49.2. The third-order valence-corrected chi connectivity index (χ3v) is 17.4. The van der Waals surface area contributed by atoms with Gasteiger partial charge in [-0.15, -0.1) is 0 Å². The van der Waals surface area contributed by atoms with E-state index in [-0.39, 0.29) is 64.7 Å². The minimum Gasteiger partial charge on any atom is -0.507 e. The van der Waals surface area contributed by atoms with Gasteiger partial charge in [0.2, 0.25) is 11.3 Å². The van der Waals surface area contributed by atoms with Gasteiger partial charge in [0, 0.05) is 104 Å². The number of nitro groups is 1. The molecule has 3 heterocycles. The summed E-state index contributed by atoms with van der Waals surface area (Å²) in [6.07, 6.45) is 5.90. The molecule has 5 aromatic rings. The van der Waals surface area contributed by atoms with Gasteiger partial charge in [-0.3, -0.25) is 24.5 Å². The molecule has 2 unspecified atom stereocenters. The number of benzene rings is 5. The van der Waals surface area contributed by atoms with Gasteiger partial charge in [-0.25, -0.2) is 14.2 Å². The summed E-state index contributed by atoms with van der Waals surface area (Å²) in [7, 11) is 1.79. The average Bonchev–Trinajstić information content (AvgIpc) is 1.80. The summed E-state index contributed by atoms with van der Waals surface area (Å²) >= 11 is 0. The van der Waals surface area contributed by atoms with Crippen molar-refractivity contribution in [2.24, 2.45) is 5.90 Å². The second-order valence-corrected chi connectivity index (χ2v) is 23.8. The zero-order chi connectivity index (χ0) is 59.5. The van der Waals surface area contributed by atoms with Gasteiger partial charge in [0.15, 0.2) is 0 Å². The summed E-state index contributed by atoms with van der Waals surface area (Å²) in [6, 6.07) is 23.7. The summed E-state index contributed by atoms with van der Waals surface area (Å²) < 4.78 is 8.11. The molecule has 5 aromatic carbocycles. The molecule has 438 valence electrons. The number of nitrogens with zero attached hydrogens (tertiary/aromatic N) is 4. The summed E-state index contributed by atoms with van der Waals surface area (Å²) in [5.74, 6) is 2.98. The van der Waals surface area contributed by atoms with Crippen LogP contribution in [-0.4, -0.2) is 96.6 Å². The normalized spacial score (nSPS) is 16.5. The fourth-order valence-electron chi connectivity index (χ4n) is 13.4. The maximum absolute atomic E-state index is 14.9. The number of ether oxygens (including phenoxy) is 1. The molecule has 4 aliphatic rings. The van der Waals surface area contributed by atoms with Crippen molar-refractivity contribution in [3.05, 3.63) is 166 Å². The lowest BCUT2D eigenvalue weighted by Gasteiger charge is -2.48. The second-order valence-electron chi connectivity index (χ2n) is 23.8. The quantitative estimate of drug-likeness (QED) is 0.0214. The van der Waals surface area contributed by atoms with Crippen LogP contribution >= 0.6 is 0 Å². The Balaban J connectivity index is 0.816. The third-order valence-electron chi connectivity index (χ3n) is 17.4. The first kappa shape index (κ1) is 59.5. The van der Waals surface area contributed by atoms with Gasteiger partial charge < -0.3 is 40.4 Å². The van der Waals surface area contributed by atoms with E-state index in [0.717, 1.165) is 68.9 Å². The van der Waals surface area contributed by atoms with E-state index in [4.69, 9.17) is 10.6 Å². The number of anilines is 1. The number of unbranched alkanes of at least 4 members (excludes halogenated alkanes) is 2. The molecule has 2 atom stereocenters. The number of phenols is 1. The molecule has 9 rings (SSSR count). The first-order valence-corrected chi connectivity index (χ1v) is 29.3. The van der Waals surface area contributed by atoms with Gasteiger partial charge in [0.05, 0.1) is 10.5 Å². The zero-order valence-electron chi connectivity index (χ0n) is 49.2. The predicted molar refractivity (Wildman–Crippen MR) is 318 cm³/mol. The number of aryl methyl sites for hydroxylation is 1. The molecule has 18 nitrogen and oxygen atoms in total. The lowest BCUT2D eigenvalue weighted by atomic mass is 9.64. The number of phenolic OH excluding ortho intramolecular Hbond substituents is 1. The van der Waals surface area contributed by atoms with Gasteiger partial charge >= 0.3 is 12.1 Å². The monoisotopic (exact) mass is 1130 g/mol. The number of carbonyl (C=O) groups is 5. The van der Waals surface area contributed by atoms with Crippen LogP contribution in [0, 0.1) is 10.1 Å². The van der Waals surface area contributed by atoms with Crippen LogP contribution in [0.25, 0.3) is 5.57 Å². The number of alkyl carbamates (subject to hydrolysis) is 1. The standard InChI is InChI=1S/C65H78N8O10/c1-9-72-53-36-52-50(35-49(53)39(2)37-64(72,4)5)57(51-33-42-18-15-30-71-31-16-21-48(59(42)71)58(51)65(52,6)7)45-19-11-12-20-46(45)61(77)70(8)29-17-22-56(75)69-38-41-23-25-44(54(32-41)73(80)81)40(3)82-63(79)68-28-14-10-13-27-67-60(76)43-24-26-47(55(74)34-43)62(78)83-66/h11-12,19-20,23-26,32-36,39-40H,9-10,13-18,21-22,27-31,37-38,66H2,1-8H3,(H3-,67,68,69,74,75,76,78,79)/p+1. The molecule has 18 heteroatoms. The Labute approximate surface area is 485 Å². The molecule has 83 heavy (non-hydrogen) atoms. The summed E-state index contributed by atoms with van der Waals surface area (Å²) in [6.45, 7) is 19.7. The molecule has 3 aliphatic heterocycles. The van der Waals surface area contributed by atoms with Crippen molar-refractivity contribution in [3.8, 4) is 5.75 Å². The van der Waals surface area contributed by atoms with Gasteiger partial charge in [-0.1, -0.05) is 45.0 Å². The number of rotatable bonds is 20. The Morgan fingerprint density at radius 2 is 1.63 bits per heavy atom. The van der Waals surface area contributed by atoms with Gasteiger partial charge in [0.25, 0.3) is 17.5 Å². The summed E-state index contributed by atoms with van der Waals surface area (Å²) in [4.78, 5) is 85.0. The molecular formula is C65H79N8O10+. The second kappa shape index (κ2) is 24.8. The number of carbonyl (C=O) groups excluding carboxylic acids is 5. The number of fused-ring (bicyclic) bond motifs is 4.